The Morgan fingerprint density at radius 2 is 1.63 bits per heavy atom. The van der Waals surface area contributed by atoms with E-state index in [1.54, 1.807) is 0 Å². The predicted molar refractivity (Wildman–Crippen MR) is 119 cm³/mol. The number of amides is 2. The van der Waals surface area contributed by atoms with Crippen molar-refractivity contribution in [2.24, 2.45) is 0 Å². The van der Waals surface area contributed by atoms with Crippen LogP contribution in [0.25, 0.3) is 0 Å². The lowest BCUT2D eigenvalue weighted by Gasteiger charge is -2.28. The Morgan fingerprint density at radius 1 is 1.03 bits per heavy atom. The molecule has 0 aromatic heterocycles. The molecule has 7 nitrogen and oxygen atoms in total. The molecule has 2 aliphatic carbocycles. The summed E-state index contributed by atoms with van der Waals surface area (Å²) in [6, 6.07) is 1.64. The smallest absolute Gasteiger partial charge is 0.307 e. The number of carbonyl (C=O) groups is 1. The highest BCUT2D eigenvalue weighted by atomic mass is 32.2. The van der Waals surface area contributed by atoms with Gasteiger partial charge in [-0.3, -0.25) is 0 Å². The predicted octanol–water partition coefficient (Wildman–Crippen LogP) is 2.61. The molecule has 1 aliphatic heterocycles. The third-order valence-corrected chi connectivity index (χ3v) is 7.87. The molecule has 3 aliphatic rings. The molecule has 30 heavy (non-hydrogen) atoms. The highest BCUT2D eigenvalue weighted by Crippen LogP contribution is 2.38. The maximum absolute atomic E-state index is 12.8. The maximum atomic E-state index is 12.8. The van der Waals surface area contributed by atoms with Gasteiger partial charge in [0, 0.05) is 25.3 Å². The summed E-state index contributed by atoms with van der Waals surface area (Å²) in [5.41, 5.74) is 7.13. The minimum Gasteiger partial charge on any atom is -0.307 e. The summed E-state index contributed by atoms with van der Waals surface area (Å²) in [4.78, 5) is 14.7. The van der Waals surface area contributed by atoms with E-state index in [1.807, 2.05) is 14.1 Å². The van der Waals surface area contributed by atoms with E-state index >= 15 is 0 Å². The summed E-state index contributed by atoms with van der Waals surface area (Å²) in [5, 5.41) is 2.91. The molecule has 1 fully saturated rings. The molecule has 4 rings (SSSR count). The quantitative estimate of drug-likeness (QED) is 0.701. The van der Waals surface area contributed by atoms with E-state index in [2.05, 4.69) is 27.1 Å². The van der Waals surface area contributed by atoms with Gasteiger partial charge < -0.3 is 10.2 Å². The van der Waals surface area contributed by atoms with Crippen LogP contribution >= 0.6 is 0 Å². The first-order chi connectivity index (χ1) is 14.3. The summed E-state index contributed by atoms with van der Waals surface area (Å²) in [7, 11) is 0.169. The molecule has 1 aromatic rings. The highest BCUT2D eigenvalue weighted by Gasteiger charge is 2.29. The SMILES string of the molecule is CN(C)CC=C1CCN(S(=O)(=O)NC(=O)Nc2c3c(cc4c2CCC4)CCC3)CC1. The van der Waals surface area contributed by atoms with E-state index in [9.17, 15) is 13.2 Å². The van der Waals surface area contributed by atoms with Crippen LogP contribution in [0.5, 0.6) is 0 Å². The van der Waals surface area contributed by atoms with Crippen LogP contribution < -0.4 is 10.0 Å². The lowest BCUT2D eigenvalue weighted by Crippen LogP contribution is -2.47. The van der Waals surface area contributed by atoms with E-state index < -0.39 is 16.2 Å². The first kappa shape index (κ1) is 21.3. The monoisotopic (exact) mass is 432 g/mol. The van der Waals surface area contributed by atoms with Crippen LogP contribution in [-0.4, -0.2) is 57.4 Å². The molecule has 1 aromatic carbocycles. The third kappa shape index (κ3) is 4.55. The Balaban J connectivity index is 1.41. The summed E-state index contributed by atoms with van der Waals surface area (Å²) in [5.74, 6) is 0. The molecule has 0 unspecified atom stereocenters. The van der Waals surface area contributed by atoms with Crippen molar-refractivity contribution in [3.05, 3.63) is 40.0 Å². The molecule has 2 N–H and O–H groups in total. The molecule has 1 heterocycles. The Kier molecular flexibility index (Phi) is 6.18. The number of likely N-dealkylation sites (N-methyl/N-ethyl adjacent to an activating group) is 1. The maximum Gasteiger partial charge on any atom is 0.333 e. The highest BCUT2D eigenvalue weighted by molar-refractivity contribution is 7.87. The van der Waals surface area contributed by atoms with Gasteiger partial charge in [-0.25, -0.2) is 9.52 Å². The van der Waals surface area contributed by atoms with E-state index in [0.717, 1.165) is 50.8 Å². The second-order valence-corrected chi connectivity index (χ2v) is 10.5. The number of fused-ring (bicyclic) bond motifs is 2. The fraction of sp³-hybridized carbons (Fsp3) is 0.591. The van der Waals surface area contributed by atoms with Gasteiger partial charge in [0.05, 0.1) is 0 Å². The van der Waals surface area contributed by atoms with Gasteiger partial charge in [0.1, 0.15) is 0 Å². The average molecular weight is 433 g/mol. The largest absolute Gasteiger partial charge is 0.333 e. The van der Waals surface area contributed by atoms with Gasteiger partial charge in [0.2, 0.25) is 0 Å². The number of nitrogens with one attached hydrogen (secondary N) is 2. The third-order valence-electron chi connectivity index (χ3n) is 6.38. The molecular weight excluding hydrogens is 400 g/mol. The number of piperidine rings is 1. The van der Waals surface area contributed by atoms with Crippen LogP contribution in [0, 0.1) is 0 Å². The second kappa shape index (κ2) is 8.69. The Morgan fingerprint density at radius 3 is 2.20 bits per heavy atom. The number of urea groups is 1. The zero-order valence-electron chi connectivity index (χ0n) is 18.0. The number of carbonyl (C=O) groups excluding carboxylic acids is 1. The van der Waals surface area contributed by atoms with E-state index in [0.29, 0.717) is 25.9 Å². The van der Waals surface area contributed by atoms with Gasteiger partial charge in [-0.2, -0.15) is 12.7 Å². The van der Waals surface area contributed by atoms with Gasteiger partial charge >= 0.3 is 16.2 Å². The first-order valence-electron chi connectivity index (χ1n) is 10.9. The molecule has 0 bridgehead atoms. The summed E-state index contributed by atoms with van der Waals surface area (Å²) in [6.07, 6.45) is 9.71. The first-order valence-corrected chi connectivity index (χ1v) is 12.4. The van der Waals surface area contributed by atoms with Crippen molar-refractivity contribution in [2.45, 2.75) is 51.4 Å². The van der Waals surface area contributed by atoms with Crippen LogP contribution in [0.2, 0.25) is 0 Å². The fourth-order valence-electron chi connectivity index (χ4n) is 4.82. The number of nitrogens with zero attached hydrogens (tertiary/aromatic N) is 2. The minimum absolute atomic E-state index is 0.401. The van der Waals surface area contributed by atoms with Crippen molar-refractivity contribution in [1.29, 1.82) is 0 Å². The molecule has 8 heteroatoms. The van der Waals surface area contributed by atoms with Gasteiger partial charge in [-0.1, -0.05) is 17.7 Å². The van der Waals surface area contributed by atoms with Crippen molar-refractivity contribution in [1.82, 2.24) is 13.9 Å². The minimum atomic E-state index is -3.85. The molecule has 0 radical (unpaired) electrons. The van der Waals surface area contributed by atoms with Gasteiger partial charge in [-0.05, 0) is 87.7 Å². The summed E-state index contributed by atoms with van der Waals surface area (Å²) >= 11 is 0. The number of benzene rings is 1. The van der Waals surface area contributed by atoms with Crippen LogP contribution in [0.15, 0.2) is 17.7 Å². The normalized spacial score (nSPS) is 19.0. The number of hydrogen-bond donors (Lipinski definition) is 2. The van der Waals surface area contributed by atoms with Gasteiger partial charge in [0.15, 0.2) is 0 Å². The number of hydrogen-bond acceptors (Lipinski definition) is 4. The van der Waals surface area contributed by atoms with Crippen molar-refractivity contribution in [3.8, 4) is 0 Å². The van der Waals surface area contributed by atoms with E-state index in [-0.39, 0.29) is 0 Å². The summed E-state index contributed by atoms with van der Waals surface area (Å²) in [6.45, 7) is 1.66. The van der Waals surface area contributed by atoms with E-state index in [4.69, 9.17) is 0 Å². The Hall–Kier alpha value is -1.90. The van der Waals surface area contributed by atoms with E-state index in [1.165, 1.54) is 32.1 Å². The molecular formula is C22H32N4O3S. The Labute approximate surface area is 179 Å². The van der Waals surface area contributed by atoms with Crippen molar-refractivity contribution >= 4 is 21.9 Å². The zero-order valence-corrected chi connectivity index (χ0v) is 18.8. The number of anilines is 1. The summed E-state index contributed by atoms with van der Waals surface area (Å²) < 4.78 is 29.1. The average Bonchev–Trinajstić information content (AvgIpc) is 3.35. The number of aryl methyl sites for hydroxylation is 2. The van der Waals surface area contributed by atoms with Crippen LogP contribution in [0.1, 0.15) is 47.9 Å². The number of rotatable bonds is 5. The molecule has 1 saturated heterocycles. The topological polar surface area (TPSA) is 81.8 Å². The van der Waals surface area contributed by atoms with Crippen LogP contribution in [0.4, 0.5) is 10.5 Å². The van der Waals surface area contributed by atoms with Crippen LogP contribution in [-0.2, 0) is 35.9 Å². The molecule has 2 amide bonds. The lowest BCUT2D eigenvalue weighted by atomic mass is 9.99. The fourth-order valence-corrected chi connectivity index (χ4v) is 5.90. The molecule has 164 valence electrons. The lowest BCUT2D eigenvalue weighted by molar-refractivity contribution is 0.255. The molecule has 0 spiro atoms. The standard InChI is InChI=1S/C22H32N4O3S/c1-25(2)12-9-16-10-13-26(14-11-16)30(28,29)24-22(27)23-21-19-7-3-5-17(19)15-18-6-4-8-20(18)21/h9,15H,3-8,10-14H2,1-2H3,(H2,23,24,27). The van der Waals surface area contributed by atoms with Crippen molar-refractivity contribution < 1.29 is 13.2 Å². The molecule has 0 saturated carbocycles. The van der Waals surface area contributed by atoms with Crippen molar-refractivity contribution in [3.63, 3.8) is 0 Å². The van der Waals surface area contributed by atoms with Crippen molar-refractivity contribution in [2.75, 3.05) is 39.0 Å². The van der Waals surface area contributed by atoms with Gasteiger partial charge in [0.25, 0.3) is 0 Å². The second-order valence-electron chi connectivity index (χ2n) is 8.82. The Bertz CT molecular complexity index is 927. The molecule has 0 atom stereocenters. The van der Waals surface area contributed by atoms with Crippen LogP contribution in [0.3, 0.4) is 0 Å². The zero-order chi connectivity index (χ0) is 21.3. The van der Waals surface area contributed by atoms with Gasteiger partial charge in [-0.15, -0.1) is 0 Å².